The first-order valence-corrected chi connectivity index (χ1v) is 9.14. The number of hydrogen-bond acceptors (Lipinski definition) is 9. The number of hydrogen-bond donors (Lipinski definition) is 2. The molecule has 0 aliphatic heterocycles. The summed E-state index contributed by atoms with van der Waals surface area (Å²) in [7, 11) is 0. The Morgan fingerprint density at radius 1 is 1.50 bits per heavy atom. The van der Waals surface area contributed by atoms with E-state index in [1.807, 2.05) is 0 Å². The molecule has 9 heteroatoms. The van der Waals surface area contributed by atoms with Crippen LogP contribution in [0.3, 0.4) is 0 Å². The van der Waals surface area contributed by atoms with Gasteiger partial charge in [-0.25, -0.2) is 4.79 Å². The molecule has 1 aliphatic rings. The molecule has 0 radical (unpaired) electrons. The maximum atomic E-state index is 12.7. The van der Waals surface area contributed by atoms with Crippen molar-refractivity contribution in [3.63, 3.8) is 0 Å². The predicted molar refractivity (Wildman–Crippen MR) is 95.2 cm³/mol. The number of nitrogens with zero attached hydrogens (tertiary/aromatic N) is 2. The van der Waals surface area contributed by atoms with Crippen molar-refractivity contribution in [2.24, 2.45) is 0 Å². The van der Waals surface area contributed by atoms with Crippen molar-refractivity contribution in [1.82, 2.24) is 5.16 Å². The number of nitrogens with one attached hydrogen (secondary N) is 1. The fourth-order valence-electron chi connectivity index (χ4n) is 2.88. The van der Waals surface area contributed by atoms with Gasteiger partial charge >= 0.3 is 5.97 Å². The summed E-state index contributed by atoms with van der Waals surface area (Å²) in [5.41, 5.74) is 6.30. The zero-order chi connectivity index (χ0) is 18.7. The van der Waals surface area contributed by atoms with E-state index in [0.717, 1.165) is 37.0 Å². The normalized spacial score (nSPS) is 14.2. The van der Waals surface area contributed by atoms with E-state index < -0.39 is 11.8 Å². The highest BCUT2D eigenvalue weighted by molar-refractivity contribution is 7.19. The van der Waals surface area contributed by atoms with Crippen molar-refractivity contribution in [2.75, 3.05) is 17.7 Å². The summed E-state index contributed by atoms with van der Waals surface area (Å²) in [5.74, 6) is -1.32. The van der Waals surface area contributed by atoms with Crippen molar-refractivity contribution in [3.8, 4) is 6.07 Å². The van der Waals surface area contributed by atoms with Gasteiger partial charge in [0.2, 0.25) is 11.5 Å². The predicted octanol–water partition coefficient (Wildman–Crippen LogP) is 2.95. The van der Waals surface area contributed by atoms with Crippen LogP contribution < -0.4 is 11.1 Å². The van der Waals surface area contributed by atoms with E-state index in [9.17, 15) is 14.9 Å². The van der Waals surface area contributed by atoms with Crippen molar-refractivity contribution in [2.45, 2.75) is 38.6 Å². The minimum Gasteiger partial charge on any atom is -0.461 e. The van der Waals surface area contributed by atoms with E-state index in [-0.39, 0.29) is 40.2 Å². The summed E-state index contributed by atoms with van der Waals surface area (Å²) in [5, 5.41) is 16.9. The van der Waals surface area contributed by atoms with Gasteiger partial charge in [0.25, 0.3) is 0 Å². The lowest BCUT2D eigenvalue weighted by atomic mass is 10.1. The molecule has 1 aliphatic carbocycles. The molecule has 0 amide bonds. The first kappa shape index (κ1) is 17.9. The quantitative estimate of drug-likeness (QED) is 0.583. The van der Waals surface area contributed by atoms with Gasteiger partial charge in [-0.1, -0.05) is 18.0 Å². The molecule has 0 aromatic carbocycles. The van der Waals surface area contributed by atoms with E-state index in [0.29, 0.717) is 5.00 Å². The summed E-state index contributed by atoms with van der Waals surface area (Å²) in [6.07, 6.45) is 4.33. The number of ether oxygens (including phenoxy) is 1. The third-order valence-electron chi connectivity index (χ3n) is 4.17. The minimum atomic E-state index is -0.671. The van der Waals surface area contributed by atoms with E-state index in [1.54, 1.807) is 6.92 Å². The van der Waals surface area contributed by atoms with Crippen molar-refractivity contribution < 1.29 is 18.8 Å². The van der Waals surface area contributed by atoms with Gasteiger partial charge in [-0.05, 0) is 19.8 Å². The number of nitrogens with two attached hydrogens (primary N) is 1. The second kappa shape index (κ2) is 7.58. The number of rotatable bonds is 6. The van der Waals surface area contributed by atoms with Crippen molar-refractivity contribution in [3.05, 3.63) is 28.0 Å². The third-order valence-corrected chi connectivity index (χ3v) is 5.31. The number of carbonyl (C=O) groups is 2. The van der Waals surface area contributed by atoms with Crippen LogP contribution >= 0.6 is 11.3 Å². The van der Waals surface area contributed by atoms with Crippen LogP contribution in [0, 0.1) is 11.3 Å². The molecule has 26 heavy (non-hydrogen) atoms. The van der Waals surface area contributed by atoms with E-state index in [1.165, 1.54) is 6.07 Å². The van der Waals surface area contributed by atoms with Gasteiger partial charge in [0.05, 0.1) is 12.3 Å². The molecule has 2 aromatic heterocycles. The van der Waals surface area contributed by atoms with Crippen LogP contribution in [0.15, 0.2) is 10.6 Å². The van der Waals surface area contributed by atoms with Crippen LogP contribution in [-0.2, 0) is 4.74 Å². The molecule has 8 nitrogen and oxygen atoms in total. The number of ketones is 1. The maximum absolute atomic E-state index is 12.7. The lowest BCUT2D eigenvalue weighted by Gasteiger charge is -2.11. The molecular formula is C17H18N4O4S. The molecule has 0 saturated heterocycles. The minimum absolute atomic E-state index is 0.0878. The van der Waals surface area contributed by atoms with Gasteiger partial charge in [-0.2, -0.15) is 5.26 Å². The van der Waals surface area contributed by atoms with E-state index >= 15 is 0 Å². The first-order chi connectivity index (χ1) is 12.5. The van der Waals surface area contributed by atoms with Gasteiger partial charge in [0.1, 0.15) is 21.5 Å². The van der Waals surface area contributed by atoms with Crippen LogP contribution in [-0.4, -0.2) is 29.6 Å². The Labute approximate surface area is 153 Å². The summed E-state index contributed by atoms with van der Waals surface area (Å²) in [4.78, 5) is 24.5. The molecule has 0 spiro atoms. The zero-order valence-electron chi connectivity index (χ0n) is 14.2. The third kappa shape index (κ3) is 3.41. The van der Waals surface area contributed by atoms with Crippen LogP contribution in [0.25, 0.3) is 0 Å². The zero-order valence-corrected chi connectivity index (χ0v) is 15.0. The number of esters is 1. The Kier molecular flexibility index (Phi) is 5.23. The number of nitriles is 1. The van der Waals surface area contributed by atoms with Crippen LogP contribution in [0.2, 0.25) is 0 Å². The van der Waals surface area contributed by atoms with Gasteiger partial charge in [-0.15, -0.1) is 11.3 Å². The summed E-state index contributed by atoms with van der Waals surface area (Å²) in [6, 6.07) is 3.55. The Hall–Kier alpha value is -2.86. The lowest BCUT2D eigenvalue weighted by Crippen LogP contribution is -2.14. The Morgan fingerprint density at radius 3 is 2.88 bits per heavy atom. The highest BCUT2D eigenvalue weighted by atomic mass is 32.1. The second-order valence-electron chi connectivity index (χ2n) is 5.91. The fraction of sp³-hybridized carbons (Fsp3) is 0.412. The number of nitrogen functional groups attached to an aromatic ring is 1. The summed E-state index contributed by atoms with van der Waals surface area (Å²) < 4.78 is 9.78. The van der Waals surface area contributed by atoms with Gasteiger partial charge < -0.3 is 20.3 Å². The van der Waals surface area contributed by atoms with Crippen LogP contribution in [0.1, 0.15) is 64.1 Å². The number of aromatic nitrogens is 1. The average Bonchev–Trinajstić information content (AvgIpc) is 3.35. The van der Waals surface area contributed by atoms with Crippen LogP contribution in [0.4, 0.5) is 10.7 Å². The Morgan fingerprint density at radius 2 is 2.23 bits per heavy atom. The standard InChI is InChI=1S/C17H18N4O4S/c1-2-24-17(23)11-7-12(25-21-11)14(22)15-13(19)10(8-18)16(26-15)20-9-5-3-4-6-9/h7,9,20H,2-6,19H2,1H3. The van der Waals surface area contributed by atoms with Gasteiger partial charge in [0, 0.05) is 12.1 Å². The molecule has 1 saturated carbocycles. The highest BCUT2D eigenvalue weighted by Crippen LogP contribution is 2.38. The molecule has 1 fully saturated rings. The highest BCUT2D eigenvalue weighted by Gasteiger charge is 2.27. The van der Waals surface area contributed by atoms with E-state index in [2.05, 4.69) is 16.5 Å². The Bertz CT molecular complexity index is 874. The summed E-state index contributed by atoms with van der Waals surface area (Å²) in [6.45, 7) is 1.85. The molecule has 0 atom stereocenters. The smallest absolute Gasteiger partial charge is 0.360 e. The number of anilines is 2. The lowest BCUT2D eigenvalue weighted by molar-refractivity contribution is 0.0514. The molecule has 3 N–H and O–H groups in total. The monoisotopic (exact) mass is 374 g/mol. The van der Waals surface area contributed by atoms with Crippen LogP contribution in [0.5, 0.6) is 0 Å². The van der Waals surface area contributed by atoms with Gasteiger partial charge in [0.15, 0.2) is 5.69 Å². The SMILES string of the molecule is CCOC(=O)c1cc(C(=O)c2sc(NC3CCCC3)c(C#N)c2N)on1. The maximum Gasteiger partial charge on any atom is 0.360 e. The average molecular weight is 374 g/mol. The largest absolute Gasteiger partial charge is 0.461 e. The summed E-state index contributed by atoms with van der Waals surface area (Å²) >= 11 is 1.12. The van der Waals surface area contributed by atoms with E-state index in [4.69, 9.17) is 15.0 Å². The fourth-order valence-corrected chi connectivity index (χ4v) is 3.97. The molecule has 2 aromatic rings. The Balaban J connectivity index is 1.86. The molecule has 0 unspecified atom stereocenters. The number of thiophene rings is 1. The molecule has 3 rings (SSSR count). The van der Waals surface area contributed by atoms with Gasteiger partial charge in [-0.3, -0.25) is 4.79 Å². The van der Waals surface area contributed by atoms with Crippen molar-refractivity contribution >= 4 is 33.8 Å². The molecule has 2 heterocycles. The number of carbonyl (C=O) groups excluding carboxylic acids is 2. The molecule has 136 valence electrons. The van der Waals surface area contributed by atoms with Crippen molar-refractivity contribution in [1.29, 1.82) is 5.26 Å². The second-order valence-corrected chi connectivity index (χ2v) is 6.93. The molecule has 0 bridgehead atoms. The topological polar surface area (TPSA) is 131 Å². The molecular weight excluding hydrogens is 356 g/mol. The first-order valence-electron chi connectivity index (χ1n) is 8.32.